The first-order chi connectivity index (χ1) is 11.0. The van der Waals surface area contributed by atoms with E-state index in [1.54, 1.807) is 0 Å². The fourth-order valence-corrected chi connectivity index (χ4v) is 2.57. The summed E-state index contributed by atoms with van der Waals surface area (Å²) in [4.78, 5) is 22.3. The van der Waals surface area contributed by atoms with Crippen LogP contribution in [0.1, 0.15) is 77.3 Å². The SMILES string of the molecule is NCCCCCCCCC(N)c1cc(C(=O)O)ccc1C(=O)O. The monoisotopic (exact) mass is 322 g/mol. The molecule has 1 unspecified atom stereocenters. The number of hydrogen-bond acceptors (Lipinski definition) is 4. The van der Waals surface area contributed by atoms with Crippen molar-refractivity contribution >= 4 is 11.9 Å². The van der Waals surface area contributed by atoms with Crippen molar-refractivity contribution in [2.45, 2.75) is 51.0 Å². The Morgan fingerprint density at radius 3 is 2.13 bits per heavy atom. The van der Waals surface area contributed by atoms with E-state index in [4.69, 9.17) is 16.6 Å². The number of carbonyl (C=O) groups is 2. The first-order valence-corrected chi connectivity index (χ1v) is 8.03. The maximum Gasteiger partial charge on any atom is 0.336 e. The van der Waals surface area contributed by atoms with Gasteiger partial charge in [0.05, 0.1) is 11.1 Å². The molecule has 23 heavy (non-hydrogen) atoms. The lowest BCUT2D eigenvalue weighted by molar-refractivity contribution is 0.0679. The van der Waals surface area contributed by atoms with Gasteiger partial charge in [0.1, 0.15) is 0 Å². The Hall–Kier alpha value is -1.92. The highest BCUT2D eigenvalue weighted by Crippen LogP contribution is 2.23. The molecule has 0 radical (unpaired) electrons. The third-order valence-corrected chi connectivity index (χ3v) is 3.90. The molecule has 1 aromatic rings. The summed E-state index contributed by atoms with van der Waals surface area (Å²) in [5.74, 6) is -2.18. The van der Waals surface area contributed by atoms with Crippen molar-refractivity contribution in [3.8, 4) is 0 Å². The van der Waals surface area contributed by atoms with E-state index in [9.17, 15) is 14.7 Å². The average Bonchev–Trinajstić information content (AvgIpc) is 2.53. The summed E-state index contributed by atoms with van der Waals surface area (Å²) in [5, 5.41) is 18.3. The molecule has 0 bridgehead atoms. The fraction of sp³-hybridized carbons (Fsp3) is 0.529. The van der Waals surface area contributed by atoms with E-state index in [0.717, 1.165) is 45.1 Å². The molecule has 0 saturated carbocycles. The van der Waals surface area contributed by atoms with E-state index in [1.165, 1.54) is 18.2 Å². The molecule has 1 rings (SSSR count). The molecule has 0 amide bonds. The Bertz CT molecular complexity index is 531. The van der Waals surface area contributed by atoms with E-state index < -0.39 is 18.0 Å². The zero-order chi connectivity index (χ0) is 17.2. The largest absolute Gasteiger partial charge is 0.478 e. The number of benzene rings is 1. The Morgan fingerprint density at radius 1 is 0.957 bits per heavy atom. The fourth-order valence-electron chi connectivity index (χ4n) is 2.57. The molecule has 0 aliphatic carbocycles. The Balaban J connectivity index is 2.60. The Kier molecular flexibility index (Phi) is 8.29. The lowest BCUT2D eigenvalue weighted by Crippen LogP contribution is -2.16. The quantitative estimate of drug-likeness (QED) is 0.464. The number of carboxylic acids is 2. The molecule has 0 aromatic heterocycles. The van der Waals surface area contributed by atoms with E-state index in [2.05, 4.69) is 0 Å². The van der Waals surface area contributed by atoms with Gasteiger partial charge in [-0.05, 0) is 43.1 Å². The molecule has 1 atom stereocenters. The smallest absolute Gasteiger partial charge is 0.336 e. The lowest BCUT2D eigenvalue weighted by atomic mass is 9.94. The molecular formula is C17H26N2O4. The van der Waals surface area contributed by atoms with Gasteiger partial charge in [0.25, 0.3) is 0 Å². The second-order valence-corrected chi connectivity index (χ2v) is 5.72. The van der Waals surface area contributed by atoms with Crippen LogP contribution in [0, 0.1) is 0 Å². The third-order valence-electron chi connectivity index (χ3n) is 3.90. The van der Waals surface area contributed by atoms with Crippen molar-refractivity contribution in [3.63, 3.8) is 0 Å². The van der Waals surface area contributed by atoms with Gasteiger partial charge in [-0.3, -0.25) is 0 Å². The molecule has 6 N–H and O–H groups in total. The maximum atomic E-state index is 11.3. The molecular weight excluding hydrogens is 296 g/mol. The minimum absolute atomic E-state index is 0.0576. The van der Waals surface area contributed by atoms with Gasteiger partial charge in [-0.25, -0.2) is 9.59 Å². The van der Waals surface area contributed by atoms with Crippen LogP contribution in [-0.2, 0) is 0 Å². The summed E-state index contributed by atoms with van der Waals surface area (Å²) in [7, 11) is 0. The van der Waals surface area contributed by atoms with Crippen LogP contribution in [0.3, 0.4) is 0 Å². The highest BCUT2D eigenvalue weighted by atomic mass is 16.4. The van der Waals surface area contributed by atoms with E-state index >= 15 is 0 Å². The number of rotatable bonds is 11. The lowest BCUT2D eigenvalue weighted by Gasteiger charge is -2.15. The molecule has 0 heterocycles. The molecule has 0 fully saturated rings. The highest BCUT2D eigenvalue weighted by molar-refractivity contribution is 5.93. The van der Waals surface area contributed by atoms with Crippen LogP contribution in [0.5, 0.6) is 0 Å². The Morgan fingerprint density at radius 2 is 1.57 bits per heavy atom. The predicted octanol–water partition coefficient (Wildman–Crippen LogP) is 2.77. The van der Waals surface area contributed by atoms with Gasteiger partial charge < -0.3 is 21.7 Å². The number of aromatic carboxylic acids is 2. The van der Waals surface area contributed by atoms with Gasteiger partial charge in [-0.2, -0.15) is 0 Å². The van der Waals surface area contributed by atoms with Gasteiger partial charge in [-0.15, -0.1) is 0 Å². The second kappa shape index (κ2) is 9.97. The maximum absolute atomic E-state index is 11.3. The van der Waals surface area contributed by atoms with Crippen LogP contribution in [0.4, 0.5) is 0 Å². The number of unbranched alkanes of at least 4 members (excludes halogenated alkanes) is 5. The standard InChI is InChI=1S/C17H26N2O4/c18-10-6-4-2-1-3-5-7-15(19)14-11-12(16(20)21)8-9-13(14)17(22)23/h8-9,11,15H,1-7,10,18-19H2,(H,20,21)(H,22,23). The molecule has 128 valence electrons. The van der Waals surface area contributed by atoms with Crippen molar-refractivity contribution in [1.82, 2.24) is 0 Å². The molecule has 6 nitrogen and oxygen atoms in total. The summed E-state index contributed by atoms with van der Waals surface area (Å²) >= 11 is 0. The zero-order valence-corrected chi connectivity index (χ0v) is 13.3. The first kappa shape index (κ1) is 19.1. The van der Waals surface area contributed by atoms with Gasteiger partial charge in [-0.1, -0.05) is 32.1 Å². The number of hydrogen-bond donors (Lipinski definition) is 4. The van der Waals surface area contributed by atoms with E-state index in [0.29, 0.717) is 12.0 Å². The normalized spacial score (nSPS) is 12.1. The second-order valence-electron chi connectivity index (χ2n) is 5.72. The predicted molar refractivity (Wildman–Crippen MR) is 88.7 cm³/mol. The summed E-state index contributed by atoms with van der Waals surface area (Å²) in [5.41, 5.74) is 12.1. The average molecular weight is 322 g/mol. The van der Waals surface area contributed by atoms with Crippen molar-refractivity contribution < 1.29 is 19.8 Å². The van der Waals surface area contributed by atoms with Crippen molar-refractivity contribution in [2.75, 3.05) is 6.54 Å². The van der Waals surface area contributed by atoms with E-state index in [1.807, 2.05) is 0 Å². The molecule has 1 aromatic carbocycles. The molecule has 6 heteroatoms. The Labute approximate surface area is 136 Å². The van der Waals surface area contributed by atoms with Crippen molar-refractivity contribution in [2.24, 2.45) is 11.5 Å². The van der Waals surface area contributed by atoms with E-state index in [-0.39, 0.29) is 11.1 Å². The highest BCUT2D eigenvalue weighted by Gasteiger charge is 2.18. The summed E-state index contributed by atoms with van der Waals surface area (Å²) in [6.07, 6.45) is 6.98. The van der Waals surface area contributed by atoms with Crippen LogP contribution in [0.25, 0.3) is 0 Å². The van der Waals surface area contributed by atoms with Crippen LogP contribution < -0.4 is 11.5 Å². The first-order valence-electron chi connectivity index (χ1n) is 8.03. The summed E-state index contributed by atoms with van der Waals surface area (Å²) in [6, 6.07) is 3.51. The minimum Gasteiger partial charge on any atom is -0.478 e. The van der Waals surface area contributed by atoms with Gasteiger partial charge in [0.2, 0.25) is 0 Å². The molecule has 0 spiro atoms. The van der Waals surface area contributed by atoms with Crippen molar-refractivity contribution in [1.29, 1.82) is 0 Å². The summed E-state index contributed by atoms with van der Waals surface area (Å²) in [6.45, 7) is 0.725. The van der Waals surface area contributed by atoms with Gasteiger partial charge in [0, 0.05) is 6.04 Å². The number of carboxylic acid groups (broad SMARTS) is 2. The van der Waals surface area contributed by atoms with Crippen LogP contribution in [-0.4, -0.2) is 28.7 Å². The van der Waals surface area contributed by atoms with Crippen LogP contribution in [0.2, 0.25) is 0 Å². The van der Waals surface area contributed by atoms with Gasteiger partial charge >= 0.3 is 11.9 Å². The molecule has 0 aliphatic rings. The summed E-state index contributed by atoms with van der Waals surface area (Å²) < 4.78 is 0. The van der Waals surface area contributed by atoms with Crippen molar-refractivity contribution in [3.05, 3.63) is 34.9 Å². The molecule has 0 aliphatic heterocycles. The number of nitrogens with two attached hydrogens (primary N) is 2. The minimum atomic E-state index is -1.09. The zero-order valence-electron chi connectivity index (χ0n) is 13.3. The topological polar surface area (TPSA) is 127 Å². The van der Waals surface area contributed by atoms with Gasteiger partial charge in [0.15, 0.2) is 0 Å². The van der Waals surface area contributed by atoms with Crippen LogP contribution >= 0.6 is 0 Å². The molecule has 0 saturated heterocycles. The third kappa shape index (κ3) is 6.38. The van der Waals surface area contributed by atoms with Crippen LogP contribution in [0.15, 0.2) is 18.2 Å².